The van der Waals surface area contributed by atoms with Crippen molar-refractivity contribution in [3.8, 4) is 0 Å². The van der Waals surface area contributed by atoms with E-state index in [1.807, 2.05) is 0 Å². The summed E-state index contributed by atoms with van der Waals surface area (Å²) >= 11 is 5.96. The molecule has 3 heteroatoms. The van der Waals surface area contributed by atoms with Crippen LogP contribution >= 0.6 is 11.6 Å². The average molecular weight is 271 g/mol. The lowest BCUT2D eigenvalue weighted by molar-refractivity contribution is -0.0382. The molecule has 0 spiro atoms. The molecule has 1 fully saturated rings. The molecule has 1 aromatic carbocycles. The first-order valence-corrected chi connectivity index (χ1v) is 6.84. The van der Waals surface area contributed by atoms with Crippen molar-refractivity contribution in [3.63, 3.8) is 0 Å². The second-order valence-electron chi connectivity index (χ2n) is 6.31. The van der Waals surface area contributed by atoms with E-state index in [1.54, 1.807) is 12.1 Å². The van der Waals surface area contributed by atoms with Crippen molar-refractivity contribution in [1.82, 2.24) is 0 Å². The summed E-state index contributed by atoms with van der Waals surface area (Å²) in [6.07, 6.45) is 4.09. The molecule has 0 amide bonds. The van der Waals surface area contributed by atoms with Crippen LogP contribution in [0.15, 0.2) is 18.2 Å². The number of hydrogen-bond donors (Lipinski definition) is 1. The summed E-state index contributed by atoms with van der Waals surface area (Å²) < 4.78 is 13.4. The van der Waals surface area contributed by atoms with Gasteiger partial charge in [0.1, 0.15) is 5.82 Å². The zero-order valence-corrected chi connectivity index (χ0v) is 11.7. The Kier molecular flexibility index (Phi) is 3.70. The molecule has 1 aliphatic rings. The minimum Gasteiger partial charge on any atom is -0.390 e. The van der Waals surface area contributed by atoms with Gasteiger partial charge >= 0.3 is 0 Å². The minimum atomic E-state index is -0.751. The Bertz CT molecular complexity index is 444. The van der Waals surface area contributed by atoms with E-state index >= 15 is 0 Å². The van der Waals surface area contributed by atoms with Crippen LogP contribution in [0.5, 0.6) is 0 Å². The zero-order chi connectivity index (χ0) is 13.4. The van der Waals surface area contributed by atoms with Crippen LogP contribution in [0.3, 0.4) is 0 Å². The van der Waals surface area contributed by atoms with Gasteiger partial charge in [0.2, 0.25) is 0 Å². The molecule has 0 bridgehead atoms. The predicted octanol–water partition coefficient (Wildman–Crippen LogP) is 4.35. The van der Waals surface area contributed by atoms with E-state index in [0.29, 0.717) is 12.0 Å². The summed E-state index contributed by atoms with van der Waals surface area (Å²) in [5, 5.41) is 10.8. The van der Waals surface area contributed by atoms with E-state index in [-0.39, 0.29) is 10.4 Å². The Morgan fingerprint density at radius 3 is 2.72 bits per heavy atom. The molecule has 1 aromatic rings. The van der Waals surface area contributed by atoms with E-state index in [2.05, 4.69) is 13.8 Å². The lowest BCUT2D eigenvalue weighted by atomic mass is 9.68. The zero-order valence-electron chi connectivity index (χ0n) is 11.0. The maximum absolute atomic E-state index is 13.4. The quantitative estimate of drug-likeness (QED) is 0.847. The Morgan fingerprint density at radius 2 is 2.06 bits per heavy atom. The van der Waals surface area contributed by atoms with E-state index < -0.39 is 11.4 Å². The van der Waals surface area contributed by atoms with Crippen LogP contribution in [0.25, 0.3) is 0 Å². The molecule has 1 unspecified atom stereocenters. The van der Waals surface area contributed by atoms with Crippen LogP contribution in [-0.4, -0.2) is 10.7 Å². The van der Waals surface area contributed by atoms with E-state index in [1.165, 1.54) is 6.07 Å². The van der Waals surface area contributed by atoms with Crippen molar-refractivity contribution < 1.29 is 9.50 Å². The molecule has 1 N–H and O–H groups in total. The van der Waals surface area contributed by atoms with Crippen LogP contribution < -0.4 is 0 Å². The number of aliphatic hydroxyl groups is 1. The van der Waals surface area contributed by atoms with Gasteiger partial charge in [0, 0.05) is 6.42 Å². The third-order valence-electron chi connectivity index (χ3n) is 3.85. The standard InChI is InChI=1S/C15H20ClFO/c1-14(2)7-4-8-15(18,10-14)9-11-5-3-6-12(17)13(11)16/h3,5-6,18H,4,7-10H2,1-2H3. The molecule has 0 aliphatic heterocycles. The lowest BCUT2D eigenvalue weighted by Gasteiger charge is -2.41. The summed E-state index contributed by atoms with van der Waals surface area (Å²) in [4.78, 5) is 0. The number of rotatable bonds is 2. The second kappa shape index (κ2) is 4.82. The van der Waals surface area contributed by atoms with Crippen LogP contribution in [0, 0.1) is 11.2 Å². The molecule has 1 aliphatic carbocycles. The van der Waals surface area contributed by atoms with Crippen LogP contribution in [0.1, 0.15) is 45.1 Å². The molecular formula is C15H20ClFO. The van der Waals surface area contributed by atoms with Gasteiger partial charge in [-0.15, -0.1) is 0 Å². The maximum atomic E-state index is 13.4. The highest BCUT2D eigenvalue weighted by molar-refractivity contribution is 6.31. The first-order chi connectivity index (χ1) is 8.31. The summed E-state index contributed by atoms with van der Waals surface area (Å²) in [7, 11) is 0. The SMILES string of the molecule is CC1(C)CCCC(O)(Cc2cccc(F)c2Cl)C1. The molecule has 100 valence electrons. The first kappa shape index (κ1) is 13.8. The van der Waals surface area contributed by atoms with Gasteiger partial charge in [0.25, 0.3) is 0 Å². The topological polar surface area (TPSA) is 20.2 Å². The van der Waals surface area contributed by atoms with Crippen molar-refractivity contribution in [1.29, 1.82) is 0 Å². The Hall–Kier alpha value is -0.600. The van der Waals surface area contributed by atoms with Gasteiger partial charge in [-0.05, 0) is 36.3 Å². The average Bonchev–Trinajstić information content (AvgIpc) is 2.22. The molecule has 18 heavy (non-hydrogen) atoms. The van der Waals surface area contributed by atoms with Gasteiger partial charge in [-0.25, -0.2) is 4.39 Å². The minimum absolute atomic E-state index is 0.146. The van der Waals surface area contributed by atoms with E-state index in [4.69, 9.17) is 11.6 Å². The Morgan fingerprint density at radius 1 is 1.33 bits per heavy atom. The molecule has 0 heterocycles. The predicted molar refractivity (Wildman–Crippen MR) is 72.3 cm³/mol. The lowest BCUT2D eigenvalue weighted by Crippen LogP contribution is -2.40. The fraction of sp³-hybridized carbons (Fsp3) is 0.600. The van der Waals surface area contributed by atoms with Crippen LogP contribution in [-0.2, 0) is 6.42 Å². The normalized spacial score (nSPS) is 27.2. The Balaban J connectivity index is 2.20. The fourth-order valence-electron chi connectivity index (χ4n) is 3.15. The van der Waals surface area contributed by atoms with Gasteiger partial charge in [-0.3, -0.25) is 0 Å². The summed E-state index contributed by atoms with van der Waals surface area (Å²) in [5.41, 5.74) is 0.100. The van der Waals surface area contributed by atoms with Crippen LogP contribution in [0.2, 0.25) is 5.02 Å². The van der Waals surface area contributed by atoms with Gasteiger partial charge in [-0.1, -0.05) is 44.0 Å². The van der Waals surface area contributed by atoms with E-state index in [9.17, 15) is 9.50 Å². The monoisotopic (exact) mass is 270 g/mol. The molecule has 0 radical (unpaired) electrons. The van der Waals surface area contributed by atoms with Gasteiger partial charge in [-0.2, -0.15) is 0 Å². The van der Waals surface area contributed by atoms with Crippen molar-refractivity contribution in [3.05, 3.63) is 34.6 Å². The molecular weight excluding hydrogens is 251 g/mol. The van der Waals surface area contributed by atoms with Crippen molar-refractivity contribution >= 4 is 11.6 Å². The number of halogens is 2. The van der Waals surface area contributed by atoms with Gasteiger partial charge in [0.05, 0.1) is 10.6 Å². The third-order valence-corrected chi connectivity index (χ3v) is 4.28. The largest absolute Gasteiger partial charge is 0.390 e. The smallest absolute Gasteiger partial charge is 0.142 e. The highest BCUT2D eigenvalue weighted by Gasteiger charge is 2.38. The van der Waals surface area contributed by atoms with Crippen molar-refractivity contribution in [2.45, 2.75) is 51.6 Å². The molecule has 1 atom stereocenters. The highest BCUT2D eigenvalue weighted by Crippen LogP contribution is 2.43. The second-order valence-corrected chi connectivity index (χ2v) is 6.69. The van der Waals surface area contributed by atoms with Gasteiger partial charge < -0.3 is 5.11 Å². The summed E-state index contributed by atoms with van der Waals surface area (Å²) in [5.74, 6) is -0.409. The Labute approximate surface area is 113 Å². The third kappa shape index (κ3) is 3.04. The van der Waals surface area contributed by atoms with Crippen molar-refractivity contribution in [2.24, 2.45) is 5.41 Å². The molecule has 2 rings (SSSR count). The number of hydrogen-bond acceptors (Lipinski definition) is 1. The highest BCUT2D eigenvalue weighted by atomic mass is 35.5. The fourth-order valence-corrected chi connectivity index (χ4v) is 3.35. The molecule has 1 saturated carbocycles. The number of benzene rings is 1. The molecule has 1 nitrogen and oxygen atoms in total. The van der Waals surface area contributed by atoms with Gasteiger partial charge in [0.15, 0.2) is 0 Å². The van der Waals surface area contributed by atoms with E-state index in [0.717, 1.165) is 25.7 Å². The maximum Gasteiger partial charge on any atom is 0.142 e. The molecule has 0 saturated heterocycles. The molecule has 0 aromatic heterocycles. The summed E-state index contributed by atoms with van der Waals surface area (Å²) in [6, 6.07) is 4.79. The van der Waals surface area contributed by atoms with Crippen molar-refractivity contribution in [2.75, 3.05) is 0 Å². The van der Waals surface area contributed by atoms with Crippen LogP contribution in [0.4, 0.5) is 4.39 Å². The first-order valence-electron chi connectivity index (χ1n) is 6.47. The summed E-state index contributed by atoms with van der Waals surface area (Å²) in [6.45, 7) is 4.34.